The summed E-state index contributed by atoms with van der Waals surface area (Å²) in [5.41, 5.74) is 1.73. The molecule has 5 heteroatoms. The molecule has 2 N–H and O–H groups in total. The van der Waals surface area contributed by atoms with E-state index in [1.807, 2.05) is 18.2 Å². The Morgan fingerprint density at radius 2 is 1.58 bits per heavy atom. The molecule has 0 saturated heterocycles. The van der Waals surface area contributed by atoms with Crippen LogP contribution in [-0.4, -0.2) is 42.9 Å². The molecule has 138 valence electrons. The lowest BCUT2D eigenvalue weighted by atomic mass is 10.1. The second-order valence-electron chi connectivity index (χ2n) is 6.04. The minimum absolute atomic E-state index is 0.125. The summed E-state index contributed by atoms with van der Waals surface area (Å²) in [6.45, 7) is 7.92. The lowest BCUT2D eigenvalue weighted by molar-refractivity contribution is 0.0950. The second-order valence-corrected chi connectivity index (χ2v) is 6.04. The molecule has 0 radical (unpaired) electrons. The molecule has 0 aliphatic carbocycles. The monoisotopic (exact) mass is 353 g/mol. The van der Waals surface area contributed by atoms with Crippen LogP contribution in [0.4, 0.5) is 5.69 Å². The fraction of sp³-hybridized carbons (Fsp3) is 0.333. The second kappa shape index (κ2) is 10.4. The predicted molar refractivity (Wildman–Crippen MR) is 106 cm³/mol. The van der Waals surface area contributed by atoms with Gasteiger partial charge in [-0.05, 0) is 56.4 Å². The van der Waals surface area contributed by atoms with Crippen LogP contribution in [0.5, 0.6) is 0 Å². The topological polar surface area (TPSA) is 61.4 Å². The smallest absolute Gasteiger partial charge is 0.255 e. The van der Waals surface area contributed by atoms with Crippen molar-refractivity contribution < 1.29 is 9.59 Å². The average Bonchev–Trinajstić information content (AvgIpc) is 2.69. The molecule has 0 saturated carbocycles. The van der Waals surface area contributed by atoms with E-state index >= 15 is 0 Å². The van der Waals surface area contributed by atoms with Crippen LogP contribution in [0.2, 0.25) is 0 Å². The highest BCUT2D eigenvalue weighted by molar-refractivity contribution is 6.05. The highest BCUT2D eigenvalue weighted by Gasteiger charge is 2.09. The third-order valence-corrected chi connectivity index (χ3v) is 4.25. The Morgan fingerprint density at radius 1 is 0.885 bits per heavy atom. The van der Waals surface area contributed by atoms with Gasteiger partial charge in [0, 0.05) is 23.4 Å². The van der Waals surface area contributed by atoms with Gasteiger partial charge in [0.15, 0.2) is 0 Å². The van der Waals surface area contributed by atoms with Crippen LogP contribution >= 0.6 is 0 Å². The molecule has 0 atom stereocenters. The molecule has 2 rings (SSSR count). The Kier molecular flexibility index (Phi) is 7.83. The molecule has 26 heavy (non-hydrogen) atoms. The number of nitrogens with zero attached hydrogens (tertiary/aromatic N) is 1. The highest BCUT2D eigenvalue weighted by Crippen LogP contribution is 2.12. The Hall–Kier alpha value is -2.66. The molecule has 0 spiro atoms. The number of anilines is 1. The zero-order chi connectivity index (χ0) is 18.8. The summed E-state index contributed by atoms with van der Waals surface area (Å²) in [7, 11) is 0. The SMILES string of the molecule is CCN(CC)CCCNC(=O)c1cccc(NC(=O)c2ccccc2)c1. The number of carbonyl (C=O) groups is 2. The van der Waals surface area contributed by atoms with E-state index in [0.29, 0.717) is 23.4 Å². The Balaban J connectivity index is 1.87. The van der Waals surface area contributed by atoms with Gasteiger partial charge in [-0.25, -0.2) is 0 Å². The van der Waals surface area contributed by atoms with E-state index in [4.69, 9.17) is 0 Å². The largest absolute Gasteiger partial charge is 0.352 e. The molecule has 0 aliphatic rings. The van der Waals surface area contributed by atoms with E-state index in [1.54, 1.807) is 36.4 Å². The summed E-state index contributed by atoms with van der Waals surface area (Å²) in [5, 5.41) is 5.76. The molecule has 2 aromatic carbocycles. The third-order valence-electron chi connectivity index (χ3n) is 4.25. The van der Waals surface area contributed by atoms with Crippen LogP contribution < -0.4 is 10.6 Å². The van der Waals surface area contributed by atoms with Crippen LogP contribution in [-0.2, 0) is 0 Å². The van der Waals surface area contributed by atoms with Crippen molar-refractivity contribution in [3.8, 4) is 0 Å². The normalized spacial score (nSPS) is 10.6. The summed E-state index contributed by atoms with van der Waals surface area (Å²) in [6, 6.07) is 16.0. The number of rotatable bonds is 9. The van der Waals surface area contributed by atoms with Gasteiger partial charge in [-0.15, -0.1) is 0 Å². The van der Waals surface area contributed by atoms with Crippen LogP contribution in [0.1, 0.15) is 41.0 Å². The summed E-state index contributed by atoms with van der Waals surface area (Å²) in [5.74, 6) is -0.317. The first kappa shape index (κ1) is 19.7. The Bertz CT molecular complexity index is 712. The zero-order valence-electron chi connectivity index (χ0n) is 15.5. The Morgan fingerprint density at radius 3 is 2.27 bits per heavy atom. The molecular weight excluding hydrogens is 326 g/mol. The van der Waals surface area contributed by atoms with E-state index in [9.17, 15) is 9.59 Å². The van der Waals surface area contributed by atoms with Gasteiger partial charge in [0.1, 0.15) is 0 Å². The van der Waals surface area contributed by atoms with Crippen molar-refractivity contribution in [2.45, 2.75) is 20.3 Å². The number of carbonyl (C=O) groups excluding carboxylic acids is 2. The maximum absolute atomic E-state index is 12.3. The van der Waals surface area contributed by atoms with Gasteiger partial charge in [0.25, 0.3) is 11.8 Å². The van der Waals surface area contributed by atoms with Crippen molar-refractivity contribution in [3.05, 3.63) is 65.7 Å². The summed E-state index contributed by atoms with van der Waals surface area (Å²) >= 11 is 0. The first-order chi connectivity index (χ1) is 12.6. The molecule has 0 bridgehead atoms. The number of benzene rings is 2. The van der Waals surface area contributed by atoms with E-state index in [1.165, 1.54) is 0 Å². The molecule has 0 heterocycles. The minimum Gasteiger partial charge on any atom is -0.352 e. The van der Waals surface area contributed by atoms with Gasteiger partial charge in [0.2, 0.25) is 0 Å². The number of hydrogen-bond acceptors (Lipinski definition) is 3. The quantitative estimate of drug-likeness (QED) is 0.679. The molecular formula is C21H27N3O2. The molecule has 2 aromatic rings. The van der Waals surface area contributed by atoms with Crippen molar-refractivity contribution in [1.29, 1.82) is 0 Å². The van der Waals surface area contributed by atoms with Crippen molar-refractivity contribution in [1.82, 2.24) is 10.2 Å². The summed E-state index contributed by atoms with van der Waals surface area (Å²) < 4.78 is 0. The summed E-state index contributed by atoms with van der Waals surface area (Å²) in [4.78, 5) is 26.8. The van der Waals surface area contributed by atoms with Crippen molar-refractivity contribution >= 4 is 17.5 Å². The van der Waals surface area contributed by atoms with Gasteiger partial charge in [0.05, 0.1) is 0 Å². The van der Waals surface area contributed by atoms with Gasteiger partial charge in [-0.3, -0.25) is 9.59 Å². The fourth-order valence-corrected chi connectivity index (χ4v) is 2.68. The Labute approximate surface area is 155 Å². The van der Waals surface area contributed by atoms with Gasteiger partial charge in [-0.1, -0.05) is 38.1 Å². The molecule has 0 aromatic heterocycles. The number of hydrogen-bond donors (Lipinski definition) is 2. The first-order valence-electron chi connectivity index (χ1n) is 9.11. The zero-order valence-corrected chi connectivity index (χ0v) is 15.5. The summed E-state index contributed by atoms with van der Waals surface area (Å²) in [6.07, 6.45) is 0.915. The lowest BCUT2D eigenvalue weighted by Gasteiger charge is -2.17. The van der Waals surface area contributed by atoms with Crippen molar-refractivity contribution in [2.24, 2.45) is 0 Å². The maximum atomic E-state index is 12.3. The van der Waals surface area contributed by atoms with E-state index in [2.05, 4.69) is 29.4 Å². The van der Waals surface area contributed by atoms with E-state index in [0.717, 1.165) is 26.1 Å². The minimum atomic E-state index is -0.192. The fourth-order valence-electron chi connectivity index (χ4n) is 2.68. The molecule has 0 unspecified atom stereocenters. The third kappa shape index (κ3) is 6.01. The maximum Gasteiger partial charge on any atom is 0.255 e. The number of amides is 2. The van der Waals surface area contributed by atoms with Crippen molar-refractivity contribution in [2.75, 3.05) is 31.5 Å². The van der Waals surface area contributed by atoms with Gasteiger partial charge >= 0.3 is 0 Å². The van der Waals surface area contributed by atoms with Crippen LogP contribution in [0, 0.1) is 0 Å². The highest BCUT2D eigenvalue weighted by atomic mass is 16.2. The van der Waals surface area contributed by atoms with E-state index in [-0.39, 0.29) is 11.8 Å². The van der Waals surface area contributed by atoms with Gasteiger partial charge < -0.3 is 15.5 Å². The first-order valence-corrected chi connectivity index (χ1v) is 9.11. The predicted octanol–water partition coefficient (Wildman–Crippen LogP) is 3.40. The molecule has 0 fully saturated rings. The number of nitrogens with one attached hydrogen (secondary N) is 2. The standard InChI is InChI=1S/C21H27N3O2/c1-3-24(4-2)15-9-14-22-20(25)18-12-8-13-19(16-18)23-21(26)17-10-6-5-7-11-17/h5-8,10-13,16H,3-4,9,14-15H2,1-2H3,(H,22,25)(H,23,26). The molecule has 0 aliphatic heterocycles. The molecule has 5 nitrogen and oxygen atoms in total. The van der Waals surface area contributed by atoms with Crippen LogP contribution in [0.25, 0.3) is 0 Å². The lowest BCUT2D eigenvalue weighted by Crippen LogP contribution is -2.29. The van der Waals surface area contributed by atoms with Crippen molar-refractivity contribution in [3.63, 3.8) is 0 Å². The van der Waals surface area contributed by atoms with Crippen LogP contribution in [0.15, 0.2) is 54.6 Å². The van der Waals surface area contributed by atoms with Crippen LogP contribution in [0.3, 0.4) is 0 Å². The van der Waals surface area contributed by atoms with E-state index < -0.39 is 0 Å². The average molecular weight is 353 g/mol. The molecule has 2 amide bonds. The van der Waals surface area contributed by atoms with Gasteiger partial charge in [-0.2, -0.15) is 0 Å².